The number of aromatic amines is 1. The van der Waals surface area contributed by atoms with Gasteiger partial charge in [0.05, 0.1) is 12.6 Å². The van der Waals surface area contributed by atoms with Crippen molar-refractivity contribution < 1.29 is 19.1 Å². The number of amides is 1. The molecule has 0 bridgehead atoms. The minimum atomic E-state index is -0.533. The highest BCUT2D eigenvalue weighted by Gasteiger charge is 2.15. The molecule has 0 saturated heterocycles. The Bertz CT molecular complexity index is 636. The summed E-state index contributed by atoms with van der Waals surface area (Å²) in [5.41, 5.74) is 1.44. The molecule has 7 heteroatoms. The molecule has 0 atom stereocenters. The molecule has 0 spiro atoms. The Hall–Kier alpha value is -2.41. The van der Waals surface area contributed by atoms with Gasteiger partial charge in [-0.15, -0.1) is 0 Å². The number of esters is 1. The number of aromatic nitrogens is 2. The predicted molar refractivity (Wildman–Crippen MR) is 72.6 cm³/mol. The zero-order valence-electron chi connectivity index (χ0n) is 11.2. The molecule has 1 amide bonds. The van der Waals surface area contributed by atoms with Crippen LogP contribution in [0.2, 0.25) is 0 Å². The van der Waals surface area contributed by atoms with Crippen molar-refractivity contribution in [2.75, 3.05) is 25.6 Å². The standard InChI is InChI=1S/C13H15N3O4/c1-3-20-7-11(17)14-8-4-5-10-9(6-8)12(16-15-10)13(18)19-2/h4-6H,3,7H2,1-2H3,(H,14,17)(H,15,16). The van der Waals surface area contributed by atoms with Gasteiger partial charge >= 0.3 is 5.97 Å². The van der Waals surface area contributed by atoms with E-state index in [4.69, 9.17) is 4.74 Å². The average molecular weight is 277 g/mol. The molecule has 1 heterocycles. The van der Waals surface area contributed by atoms with Crippen molar-refractivity contribution in [2.24, 2.45) is 0 Å². The Morgan fingerprint density at radius 1 is 1.40 bits per heavy atom. The molecule has 20 heavy (non-hydrogen) atoms. The second kappa shape index (κ2) is 6.16. The number of anilines is 1. The summed E-state index contributed by atoms with van der Waals surface area (Å²) in [6.07, 6.45) is 0. The van der Waals surface area contributed by atoms with Gasteiger partial charge < -0.3 is 14.8 Å². The van der Waals surface area contributed by atoms with Gasteiger partial charge in [0.15, 0.2) is 5.69 Å². The van der Waals surface area contributed by atoms with E-state index in [1.165, 1.54) is 7.11 Å². The van der Waals surface area contributed by atoms with Gasteiger partial charge in [-0.2, -0.15) is 5.10 Å². The minimum absolute atomic E-state index is 0.0101. The number of benzene rings is 1. The third-order valence-corrected chi connectivity index (χ3v) is 2.66. The van der Waals surface area contributed by atoms with Crippen molar-refractivity contribution in [3.05, 3.63) is 23.9 Å². The highest BCUT2D eigenvalue weighted by Crippen LogP contribution is 2.21. The van der Waals surface area contributed by atoms with Crippen LogP contribution in [-0.4, -0.2) is 42.4 Å². The molecule has 0 saturated carbocycles. The Morgan fingerprint density at radius 2 is 2.20 bits per heavy atom. The fourth-order valence-corrected chi connectivity index (χ4v) is 1.74. The van der Waals surface area contributed by atoms with Crippen molar-refractivity contribution in [3.63, 3.8) is 0 Å². The van der Waals surface area contributed by atoms with Crippen LogP contribution in [0.3, 0.4) is 0 Å². The number of carbonyl (C=O) groups excluding carboxylic acids is 2. The van der Waals surface area contributed by atoms with Crippen LogP contribution in [0.1, 0.15) is 17.4 Å². The van der Waals surface area contributed by atoms with Crippen LogP contribution in [0.4, 0.5) is 5.69 Å². The Labute approximate surface area is 115 Å². The van der Waals surface area contributed by atoms with Gasteiger partial charge in [0.1, 0.15) is 6.61 Å². The fraction of sp³-hybridized carbons (Fsp3) is 0.308. The van der Waals surface area contributed by atoms with E-state index in [-0.39, 0.29) is 18.2 Å². The summed E-state index contributed by atoms with van der Waals surface area (Å²) < 4.78 is 9.66. The SMILES string of the molecule is CCOCC(=O)Nc1ccc2[nH]nc(C(=O)OC)c2c1. The van der Waals surface area contributed by atoms with Crippen molar-refractivity contribution in [2.45, 2.75) is 6.92 Å². The second-order valence-electron chi connectivity index (χ2n) is 4.01. The van der Waals surface area contributed by atoms with E-state index in [1.54, 1.807) is 18.2 Å². The molecule has 1 aromatic carbocycles. The smallest absolute Gasteiger partial charge is 0.359 e. The Balaban J connectivity index is 2.23. The summed E-state index contributed by atoms with van der Waals surface area (Å²) in [6.45, 7) is 2.28. The number of ether oxygens (including phenoxy) is 2. The number of nitrogens with one attached hydrogen (secondary N) is 2. The molecule has 7 nitrogen and oxygen atoms in total. The Morgan fingerprint density at radius 3 is 2.90 bits per heavy atom. The maximum absolute atomic E-state index is 11.6. The highest BCUT2D eigenvalue weighted by molar-refractivity contribution is 6.03. The third kappa shape index (κ3) is 2.94. The molecule has 2 aromatic rings. The van der Waals surface area contributed by atoms with Crippen molar-refractivity contribution >= 4 is 28.5 Å². The van der Waals surface area contributed by atoms with Crippen LogP contribution in [-0.2, 0) is 14.3 Å². The predicted octanol–water partition coefficient (Wildman–Crippen LogP) is 1.32. The van der Waals surface area contributed by atoms with Gasteiger partial charge in [-0.25, -0.2) is 4.79 Å². The average Bonchev–Trinajstić information content (AvgIpc) is 2.87. The van der Waals surface area contributed by atoms with Crippen LogP contribution in [0.15, 0.2) is 18.2 Å². The summed E-state index contributed by atoms with van der Waals surface area (Å²) in [5, 5.41) is 9.90. The molecule has 0 radical (unpaired) electrons. The lowest BCUT2D eigenvalue weighted by Gasteiger charge is -2.05. The first-order valence-electron chi connectivity index (χ1n) is 6.09. The van der Waals surface area contributed by atoms with Gasteiger partial charge in [0.2, 0.25) is 5.91 Å². The molecule has 1 aromatic heterocycles. The molecular weight excluding hydrogens is 262 g/mol. The number of fused-ring (bicyclic) bond motifs is 1. The van der Waals surface area contributed by atoms with Crippen molar-refractivity contribution in [1.82, 2.24) is 10.2 Å². The number of hydrogen-bond acceptors (Lipinski definition) is 5. The van der Waals surface area contributed by atoms with E-state index in [0.29, 0.717) is 23.2 Å². The molecule has 106 valence electrons. The maximum Gasteiger partial charge on any atom is 0.359 e. The van der Waals surface area contributed by atoms with Crippen molar-refractivity contribution in [3.8, 4) is 0 Å². The largest absolute Gasteiger partial charge is 0.464 e. The number of H-pyrrole nitrogens is 1. The number of methoxy groups -OCH3 is 1. The normalized spacial score (nSPS) is 10.5. The quantitative estimate of drug-likeness (QED) is 0.804. The molecule has 2 N–H and O–H groups in total. The third-order valence-electron chi connectivity index (χ3n) is 2.66. The second-order valence-corrected chi connectivity index (χ2v) is 4.01. The van der Waals surface area contributed by atoms with Crippen LogP contribution < -0.4 is 5.32 Å². The topological polar surface area (TPSA) is 93.3 Å². The molecule has 0 fully saturated rings. The van der Waals surface area contributed by atoms with Gasteiger partial charge in [-0.05, 0) is 25.1 Å². The lowest BCUT2D eigenvalue weighted by molar-refractivity contribution is -0.120. The number of carbonyl (C=O) groups is 2. The molecular formula is C13H15N3O4. The number of hydrogen-bond donors (Lipinski definition) is 2. The molecule has 0 aliphatic carbocycles. The van der Waals surface area contributed by atoms with E-state index in [0.717, 1.165) is 0 Å². The maximum atomic E-state index is 11.6. The van der Waals surface area contributed by atoms with Gasteiger partial charge in [-0.1, -0.05) is 0 Å². The molecule has 0 aliphatic rings. The first-order chi connectivity index (χ1) is 9.65. The zero-order chi connectivity index (χ0) is 14.5. The monoisotopic (exact) mass is 277 g/mol. The summed E-state index contributed by atoms with van der Waals surface area (Å²) in [6, 6.07) is 5.10. The lowest BCUT2D eigenvalue weighted by Crippen LogP contribution is -2.18. The highest BCUT2D eigenvalue weighted by atomic mass is 16.5. The van der Waals surface area contributed by atoms with Crippen molar-refractivity contribution in [1.29, 1.82) is 0 Å². The number of rotatable bonds is 5. The first-order valence-corrected chi connectivity index (χ1v) is 6.09. The van der Waals surface area contributed by atoms with Crippen LogP contribution in [0, 0.1) is 0 Å². The van der Waals surface area contributed by atoms with E-state index in [2.05, 4.69) is 20.3 Å². The first kappa shape index (κ1) is 14.0. The van der Waals surface area contributed by atoms with Gasteiger partial charge in [0.25, 0.3) is 0 Å². The van der Waals surface area contributed by atoms with Crippen LogP contribution in [0.5, 0.6) is 0 Å². The van der Waals surface area contributed by atoms with E-state index in [9.17, 15) is 9.59 Å². The zero-order valence-corrected chi connectivity index (χ0v) is 11.2. The van der Waals surface area contributed by atoms with E-state index < -0.39 is 5.97 Å². The molecule has 0 unspecified atom stereocenters. The summed E-state index contributed by atoms with van der Waals surface area (Å²) >= 11 is 0. The lowest BCUT2D eigenvalue weighted by atomic mass is 10.2. The van der Waals surface area contributed by atoms with E-state index >= 15 is 0 Å². The fourth-order valence-electron chi connectivity index (χ4n) is 1.74. The summed E-state index contributed by atoms with van der Waals surface area (Å²) in [7, 11) is 1.29. The van der Waals surface area contributed by atoms with Gasteiger partial charge in [-0.3, -0.25) is 9.89 Å². The molecule has 2 rings (SSSR count). The van der Waals surface area contributed by atoms with Crippen LogP contribution in [0.25, 0.3) is 10.9 Å². The molecule has 0 aliphatic heterocycles. The van der Waals surface area contributed by atoms with E-state index in [1.807, 2.05) is 6.92 Å². The number of nitrogens with zero attached hydrogens (tertiary/aromatic N) is 1. The van der Waals surface area contributed by atoms with Crippen LogP contribution >= 0.6 is 0 Å². The van der Waals surface area contributed by atoms with Gasteiger partial charge in [0, 0.05) is 17.7 Å². The summed E-state index contributed by atoms with van der Waals surface area (Å²) in [4.78, 5) is 23.1. The minimum Gasteiger partial charge on any atom is -0.464 e. The Kier molecular flexibility index (Phi) is 4.31. The summed E-state index contributed by atoms with van der Waals surface area (Å²) in [5.74, 6) is -0.789.